The highest BCUT2D eigenvalue weighted by molar-refractivity contribution is 5.39. The second-order valence-corrected chi connectivity index (χ2v) is 4.51. The van der Waals surface area contributed by atoms with Crippen molar-refractivity contribution in [1.29, 1.82) is 0 Å². The number of aryl methyl sites for hydroxylation is 2. The quantitative estimate of drug-likeness (QED) is 0.741. The summed E-state index contributed by atoms with van der Waals surface area (Å²) in [4.78, 5) is 4.37. The van der Waals surface area contributed by atoms with E-state index in [-0.39, 0.29) is 6.10 Å². The lowest BCUT2D eigenvalue weighted by Gasteiger charge is -2.25. The van der Waals surface area contributed by atoms with Gasteiger partial charge in [-0.2, -0.15) is 0 Å². The molecule has 0 radical (unpaired) electrons. The second-order valence-electron chi connectivity index (χ2n) is 4.51. The lowest BCUT2D eigenvalue weighted by molar-refractivity contribution is 0.172. The summed E-state index contributed by atoms with van der Waals surface area (Å²) in [5.41, 5.74) is 3.58. The van der Waals surface area contributed by atoms with Crippen molar-refractivity contribution in [3.63, 3.8) is 0 Å². The monoisotopic (exact) mass is 225 g/mol. The number of hydrogen-bond donors (Lipinski definition) is 0. The largest absolute Gasteiger partial charge is 0.484 e. The lowest BCUT2D eigenvalue weighted by Crippen LogP contribution is -2.16. The third kappa shape index (κ3) is 2.03. The molecule has 0 saturated carbocycles. The van der Waals surface area contributed by atoms with Crippen LogP contribution in [0, 0.1) is 6.92 Å². The van der Waals surface area contributed by atoms with Gasteiger partial charge in [-0.15, -0.1) is 0 Å². The minimum absolute atomic E-state index is 0.102. The Morgan fingerprint density at radius 3 is 3.00 bits per heavy atom. The molecule has 0 spiro atoms. The molecule has 2 heteroatoms. The van der Waals surface area contributed by atoms with Crippen LogP contribution in [-0.2, 0) is 6.42 Å². The summed E-state index contributed by atoms with van der Waals surface area (Å²) in [5.74, 6) is 1.02. The molecule has 1 aromatic heterocycles. The van der Waals surface area contributed by atoms with E-state index in [1.165, 1.54) is 11.1 Å². The molecule has 2 aromatic rings. The van der Waals surface area contributed by atoms with Gasteiger partial charge in [0.25, 0.3) is 0 Å². The van der Waals surface area contributed by atoms with Crippen LogP contribution in [0.15, 0.2) is 42.6 Å². The molecule has 1 aliphatic rings. The number of nitrogens with zero attached hydrogens (tertiary/aromatic N) is 1. The first-order valence-electron chi connectivity index (χ1n) is 6.00. The Kier molecular flexibility index (Phi) is 2.56. The van der Waals surface area contributed by atoms with E-state index in [9.17, 15) is 0 Å². The maximum Gasteiger partial charge on any atom is 0.141 e. The topological polar surface area (TPSA) is 22.1 Å². The summed E-state index contributed by atoms with van der Waals surface area (Å²) < 4.78 is 6.04. The van der Waals surface area contributed by atoms with Gasteiger partial charge < -0.3 is 4.74 Å². The normalized spacial score (nSPS) is 18.3. The van der Waals surface area contributed by atoms with Gasteiger partial charge in [-0.05, 0) is 49.1 Å². The van der Waals surface area contributed by atoms with Crippen LogP contribution in [0.3, 0.4) is 0 Å². The molecule has 1 aromatic carbocycles. The predicted molar refractivity (Wildman–Crippen MR) is 67.1 cm³/mol. The maximum atomic E-state index is 6.04. The summed E-state index contributed by atoms with van der Waals surface area (Å²) in [5, 5.41) is 0. The first kappa shape index (κ1) is 10.3. The summed E-state index contributed by atoms with van der Waals surface area (Å²) in [7, 11) is 0. The second kappa shape index (κ2) is 4.21. The zero-order valence-corrected chi connectivity index (χ0v) is 9.89. The fraction of sp³-hybridized carbons (Fsp3) is 0.267. The summed E-state index contributed by atoms with van der Waals surface area (Å²) in [6.45, 7) is 2.09. The van der Waals surface area contributed by atoms with Gasteiger partial charge in [0, 0.05) is 6.20 Å². The number of fused-ring (bicyclic) bond motifs is 1. The van der Waals surface area contributed by atoms with Crippen molar-refractivity contribution in [3.8, 4) is 5.75 Å². The van der Waals surface area contributed by atoms with Crippen molar-refractivity contribution in [3.05, 3.63) is 59.4 Å². The zero-order valence-electron chi connectivity index (χ0n) is 9.89. The molecule has 0 amide bonds. The summed E-state index contributed by atoms with van der Waals surface area (Å²) in [6, 6.07) is 12.4. The molecule has 0 saturated heterocycles. The van der Waals surface area contributed by atoms with E-state index in [1.807, 2.05) is 24.4 Å². The van der Waals surface area contributed by atoms with Gasteiger partial charge in [0.15, 0.2) is 0 Å². The highest BCUT2D eigenvalue weighted by Gasteiger charge is 2.21. The van der Waals surface area contributed by atoms with Gasteiger partial charge in [0.1, 0.15) is 11.9 Å². The van der Waals surface area contributed by atoms with E-state index in [0.29, 0.717) is 0 Å². The van der Waals surface area contributed by atoms with Gasteiger partial charge in [-0.3, -0.25) is 4.98 Å². The number of pyridine rings is 1. The molecule has 0 bridgehead atoms. The summed E-state index contributed by atoms with van der Waals surface area (Å²) in [6.07, 6.45) is 4.00. The van der Waals surface area contributed by atoms with Crippen molar-refractivity contribution in [2.24, 2.45) is 0 Å². The Morgan fingerprint density at radius 2 is 2.18 bits per heavy atom. The molecule has 0 N–H and O–H groups in total. The Labute approximate surface area is 101 Å². The van der Waals surface area contributed by atoms with Gasteiger partial charge in [0.2, 0.25) is 0 Å². The van der Waals surface area contributed by atoms with E-state index in [0.717, 1.165) is 24.3 Å². The molecule has 2 heterocycles. The fourth-order valence-electron chi connectivity index (χ4n) is 2.25. The average Bonchev–Trinajstić information content (AvgIpc) is 2.39. The number of hydrogen-bond acceptors (Lipinski definition) is 2. The van der Waals surface area contributed by atoms with E-state index in [1.54, 1.807) is 0 Å². The van der Waals surface area contributed by atoms with Crippen molar-refractivity contribution >= 4 is 0 Å². The number of benzene rings is 1. The van der Waals surface area contributed by atoms with Gasteiger partial charge in [-0.1, -0.05) is 18.2 Å². The van der Waals surface area contributed by atoms with Crippen LogP contribution in [-0.4, -0.2) is 4.98 Å². The zero-order chi connectivity index (χ0) is 11.7. The Bertz CT molecular complexity index is 522. The highest BCUT2D eigenvalue weighted by Crippen LogP contribution is 2.34. The van der Waals surface area contributed by atoms with Crippen LogP contribution in [0.25, 0.3) is 0 Å². The number of ether oxygens (including phenoxy) is 1. The Balaban J connectivity index is 1.90. The highest BCUT2D eigenvalue weighted by atomic mass is 16.5. The van der Waals surface area contributed by atoms with Crippen LogP contribution >= 0.6 is 0 Å². The first-order valence-corrected chi connectivity index (χ1v) is 6.00. The molecule has 1 atom stereocenters. The number of aromatic nitrogens is 1. The molecule has 0 aliphatic carbocycles. The molecule has 2 nitrogen and oxygen atoms in total. The molecule has 0 fully saturated rings. The molecular formula is C15H15NO. The summed E-state index contributed by atoms with van der Waals surface area (Å²) >= 11 is 0. The molecule has 86 valence electrons. The first-order chi connectivity index (χ1) is 8.33. The molecule has 1 unspecified atom stereocenters. The van der Waals surface area contributed by atoms with Crippen molar-refractivity contribution in [2.45, 2.75) is 25.9 Å². The van der Waals surface area contributed by atoms with E-state index >= 15 is 0 Å². The fourth-order valence-corrected chi connectivity index (χ4v) is 2.25. The Hall–Kier alpha value is -1.83. The van der Waals surface area contributed by atoms with E-state index in [4.69, 9.17) is 4.74 Å². The average molecular weight is 225 g/mol. The van der Waals surface area contributed by atoms with Crippen LogP contribution in [0.5, 0.6) is 5.75 Å². The smallest absolute Gasteiger partial charge is 0.141 e. The van der Waals surface area contributed by atoms with Gasteiger partial charge in [-0.25, -0.2) is 0 Å². The lowest BCUT2D eigenvalue weighted by atomic mass is 9.99. The van der Waals surface area contributed by atoms with Crippen LogP contribution in [0.4, 0.5) is 0 Å². The van der Waals surface area contributed by atoms with Crippen molar-refractivity contribution < 1.29 is 4.74 Å². The third-order valence-corrected chi connectivity index (χ3v) is 3.19. The predicted octanol–water partition coefficient (Wildman–Crippen LogP) is 3.46. The van der Waals surface area contributed by atoms with Crippen molar-refractivity contribution in [2.75, 3.05) is 0 Å². The standard InChI is InChI=1S/C15H15NO/c1-11-5-6-12-7-8-14(17-15(12)10-11)13-4-2-3-9-16-13/h2-6,9-10,14H,7-8H2,1H3. The molecular weight excluding hydrogens is 210 g/mol. The van der Waals surface area contributed by atoms with Crippen LogP contribution in [0.2, 0.25) is 0 Å². The van der Waals surface area contributed by atoms with Crippen LogP contribution in [0.1, 0.15) is 29.3 Å². The van der Waals surface area contributed by atoms with Gasteiger partial charge in [0.05, 0.1) is 5.69 Å². The minimum Gasteiger partial charge on any atom is -0.484 e. The van der Waals surface area contributed by atoms with E-state index in [2.05, 4.69) is 30.1 Å². The van der Waals surface area contributed by atoms with Crippen molar-refractivity contribution in [1.82, 2.24) is 4.98 Å². The van der Waals surface area contributed by atoms with E-state index < -0.39 is 0 Å². The Morgan fingerprint density at radius 1 is 1.24 bits per heavy atom. The SMILES string of the molecule is Cc1ccc2c(c1)OC(c1ccccn1)CC2. The minimum atomic E-state index is 0.102. The molecule has 3 rings (SSSR count). The van der Waals surface area contributed by atoms with Crippen LogP contribution < -0.4 is 4.74 Å². The number of rotatable bonds is 1. The van der Waals surface area contributed by atoms with Gasteiger partial charge >= 0.3 is 0 Å². The molecule has 1 aliphatic heterocycles. The molecule has 17 heavy (non-hydrogen) atoms. The maximum absolute atomic E-state index is 6.04. The third-order valence-electron chi connectivity index (χ3n) is 3.19.